The summed E-state index contributed by atoms with van der Waals surface area (Å²) in [5, 5.41) is 3.95. The molecule has 0 spiro atoms. The van der Waals surface area contributed by atoms with E-state index in [0.717, 1.165) is 13.1 Å². The fourth-order valence-corrected chi connectivity index (χ4v) is 2.67. The van der Waals surface area contributed by atoms with E-state index in [2.05, 4.69) is 28.6 Å². The van der Waals surface area contributed by atoms with E-state index < -0.39 is 10.0 Å². The fraction of sp³-hybridized carbons (Fsp3) is 0.727. The van der Waals surface area contributed by atoms with Gasteiger partial charge in [0.15, 0.2) is 0 Å². The summed E-state index contributed by atoms with van der Waals surface area (Å²) < 4.78 is 28.1. The summed E-state index contributed by atoms with van der Waals surface area (Å²) in [7, 11) is -3.47. The van der Waals surface area contributed by atoms with Crippen molar-refractivity contribution < 1.29 is 8.42 Å². The van der Waals surface area contributed by atoms with Crippen LogP contribution in [0.1, 0.15) is 13.8 Å². The lowest BCUT2D eigenvalue weighted by atomic mass is 10.5. The molecule has 0 saturated carbocycles. The van der Waals surface area contributed by atoms with E-state index in [0.29, 0.717) is 26.2 Å². The Labute approximate surface area is 114 Å². The van der Waals surface area contributed by atoms with Gasteiger partial charge in [-0.1, -0.05) is 13.8 Å². The first kappa shape index (κ1) is 16.1. The van der Waals surface area contributed by atoms with Gasteiger partial charge in [0.2, 0.25) is 10.0 Å². The van der Waals surface area contributed by atoms with E-state index in [9.17, 15) is 8.42 Å². The van der Waals surface area contributed by atoms with E-state index in [-0.39, 0.29) is 4.90 Å². The molecule has 0 saturated heterocycles. The molecule has 0 aromatic carbocycles. The molecule has 1 heterocycles. The molecule has 0 radical (unpaired) electrons. The highest BCUT2D eigenvalue weighted by atomic mass is 32.2. The lowest BCUT2D eigenvalue weighted by Gasteiger charge is -2.17. The first-order valence-electron chi connectivity index (χ1n) is 6.48. The van der Waals surface area contributed by atoms with Crippen molar-refractivity contribution in [2.45, 2.75) is 25.3 Å². The topological polar surface area (TPSA) is 93.2 Å². The minimum atomic E-state index is -3.47. The van der Waals surface area contributed by atoms with Gasteiger partial charge in [-0.05, 0) is 13.1 Å². The van der Waals surface area contributed by atoms with Gasteiger partial charge in [0, 0.05) is 25.8 Å². The third-order valence-corrected chi connectivity index (χ3v) is 4.31. The van der Waals surface area contributed by atoms with Crippen LogP contribution in [0.2, 0.25) is 0 Å². The van der Waals surface area contributed by atoms with Crippen LogP contribution in [-0.2, 0) is 16.6 Å². The first-order chi connectivity index (χ1) is 9.03. The Morgan fingerprint density at radius 1 is 1.42 bits per heavy atom. The normalized spacial score (nSPS) is 12.2. The van der Waals surface area contributed by atoms with Crippen LogP contribution in [0.5, 0.6) is 0 Å². The number of nitrogens with zero attached hydrogens (tertiary/aromatic N) is 3. The van der Waals surface area contributed by atoms with Crippen LogP contribution in [0.3, 0.4) is 0 Å². The molecule has 110 valence electrons. The Kier molecular flexibility index (Phi) is 6.43. The Morgan fingerprint density at radius 2 is 2.11 bits per heavy atom. The monoisotopic (exact) mass is 289 g/mol. The van der Waals surface area contributed by atoms with E-state index in [1.54, 1.807) is 0 Å². The largest absolute Gasteiger partial charge is 0.329 e. The number of aromatic nitrogens is 2. The van der Waals surface area contributed by atoms with Gasteiger partial charge in [0.25, 0.3) is 0 Å². The maximum atomic E-state index is 12.0. The maximum absolute atomic E-state index is 12.0. The standard InChI is InChI=1S/C11H23N5O2S/c1-3-15(4-2)8-6-14-19(17,18)11-9-13-16(10-11)7-5-12/h9-10,14H,3-8,12H2,1-2H3. The molecule has 0 amide bonds. The second kappa shape index (κ2) is 7.59. The summed E-state index contributed by atoms with van der Waals surface area (Å²) in [6, 6.07) is 0. The Hall–Kier alpha value is -0.960. The van der Waals surface area contributed by atoms with Gasteiger partial charge in [-0.2, -0.15) is 5.10 Å². The minimum absolute atomic E-state index is 0.181. The van der Waals surface area contributed by atoms with Crippen LogP contribution in [0.15, 0.2) is 17.3 Å². The van der Waals surface area contributed by atoms with Gasteiger partial charge < -0.3 is 10.6 Å². The summed E-state index contributed by atoms with van der Waals surface area (Å²) >= 11 is 0. The molecule has 7 nitrogen and oxygen atoms in total. The van der Waals surface area contributed by atoms with Gasteiger partial charge in [0.05, 0.1) is 12.7 Å². The average molecular weight is 289 g/mol. The number of nitrogens with one attached hydrogen (secondary N) is 1. The predicted molar refractivity (Wildman–Crippen MR) is 74.3 cm³/mol. The number of nitrogens with two attached hydrogens (primary N) is 1. The molecule has 0 aliphatic carbocycles. The maximum Gasteiger partial charge on any atom is 0.243 e. The molecular formula is C11H23N5O2S. The summed E-state index contributed by atoms with van der Waals surface area (Å²) in [6.45, 7) is 7.95. The summed E-state index contributed by atoms with van der Waals surface area (Å²) in [5.74, 6) is 0. The zero-order chi connectivity index (χ0) is 14.3. The molecule has 1 rings (SSSR count). The van der Waals surface area contributed by atoms with Crippen molar-refractivity contribution in [3.8, 4) is 0 Å². The molecule has 19 heavy (non-hydrogen) atoms. The number of rotatable bonds is 9. The van der Waals surface area contributed by atoms with Crippen LogP contribution < -0.4 is 10.5 Å². The molecule has 0 aliphatic rings. The Morgan fingerprint density at radius 3 is 2.68 bits per heavy atom. The Balaban J connectivity index is 2.55. The van der Waals surface area contributed by atoms with Crippen molar-refractivity contribution in [3.05, 3.63) is 12.4 Å². The van der Waals surface area contributed by atoms with Crippen molar-refractivity contribution >= 4 is 10.0 Å². The lowest BCUT2D eigenvalue weighted by molar-refractivity contribution is 0.309. The third kappa shape index (κ3) is 4.90. The van der Waals surface area contributed by atoms with Crippen LogP contribution in [0, 0.1) is 0 Å². The fourth-order valence-electron chi connectivity index (χ4n) is 1.70. The highest BCUT2D eigenvalue weighted by Gasteiger charge is 2.16. The highest BCUT2D eigenvalue weighted by molar-refractivity contribution is 7.89. The van der Waals surface area contributed by atoms with Crippen molar-refractivity contribution in [2.75, 3.05) is 32.7 Å². The molecule has 1 aromatic rings. The molecule has 0 fully saturated rings. The zero-order valence-electron chi connectivity index (χ0n) is 11.5. The van der Waals surface area contributed by atoms with Crippen LogP contribution in [-0.4, -0.2) is 55.8 Å². The minimum Gasteiger partial charge on any atom is -0.329 e. The smallest absolute Gasteiger partial charge is 0.243 e. The number of likely N-dealkylation sites (N-methyl/N-ethyl adjacent to an activating group) is 1. The summed E-state index contributed by atoms with van der Waals surface area (Å²) in [4.78, 5) is 2.33. The number of hydrogen-bond acceptors (Lipinski definition) is 5. The first-order valence-corrected chi connectivity index (χ1v) is 7.96. The van der Waals surface area contributed by atoms with E-state index >= 15 is 0 Å². The van der Waals surface area contributed by atoms with Crippen molar-refractivity contribution in [3.63, 3.8) is 0 Å². The van der Waals surface area contributed by atoms with E-state index in [1.165, 1.54) is 17.1 Å². The van der Waals surface area contributed by atoms with Gasteiger partial charge >= 0.3 is 0 Å². The van der Waals surface area contributed by atoms with Crippen LogP contribution in [0.25, 0.3) is 0 Å². The second-order valence-electron chi connectivity index (χ2n) is 4.15. The van der Waals surface area contributed by atoms with Crippen LogP contribution in [0.4, 0.5) is 0 Å². The zero-order valence-corrected chi connectivity index (χ0v) is 12.4. The summed E-state index contributed by atoms with van der Waals surface area (Å²) in [5.41, 5.74) is 5.39. The molecule has 1 aromatic heterocycles. The number of sulfonamides is 1. The average Bonchev–Trinajstić information content (AvgIpc) is 2.84. The van der Waals surface area contributed by atoms with E-state index in [1.807, 2.05) is 0 Å². The van der Waals surface area contributed by atoms with Gasteiger partial charge in [0.1, 0.15) is 4.90 Å². The van der Waals surface area contributed by atoms with Crippen LogP contribution >= 0.6 is 0 Å². The molecule has 0 atom stereocenters. The number of hydrogen-bond donors (Lipinski definition) is 2. The van der Waals surface area contributed by atoms with Crippen molar-refractivity contribution in [1.29, 1.82) is 0 Å². The van der Waals surface area contributed by atoms with Crippen molar-refractivity contribution in [2.24, 2.45) is 5.73 Å². The van der Waals surface area contributed by atoms with Crippen molar-refractivity contribution in [1.82, 2.24) is 19.4 Å². The quantitative estimate of drug-likeness (QED) is 0.637. The molecule has 0 bridgehead atoms. The summed E-state index contributed by atoms with van der Waals surface area (Å²) in [6.07, 6.45) is 2.84. The molecule has 3 N–H and O–H groups in total. The lowest BCUT2D eigenvalue weighted by Crippen LogP contribution is -2.34. The molecule has 0 unspecified atom stereocenters. The molecular weight excluding hydrogens is 266 g/mol. The SMILES string of the molecule is CCN(CC)CCNS(=O)(=O)c1cnn(CCN)c1. The van der Waals surface area contributed by atoms with Gasteiger partial charge in [-0.3, -0.25) is 4.68 Å². The molecule has 0 aliphatic heterocycles. The Bertz CT molecular complexity index is 467. The van der Waals surface area contributed by atoms with Gasteiger partial charge in [-0.25, -0.2) is 13.1 Å². The second-order valence-corrected chi connectivity index (χ2v) is 5.92. The van der Waals surface area contributed by atoms with E-state index in [4.69, 9.17) is 5.73 Å². The predicted octanol–water partition coefficient (Wildman–Crippen LogP) is -0.538. The third-order valence-electron chi connectivity index (χ3n) is 2.89. The highest BCUT2D eigenvalue weighted by Crippen LogP contribution is 2.06. The molecule has 8 heteroatoms. The van der Waals surface area contributed by atoms with Gasteiger partial charge in [-0.15, -0.1) is 0 Å².